The maximum atomic E-state index is 13.8. The second kappa shape index (κ2) is 5.79. The summed E-state index contributed by atoms with van der Waals surface area (Å²) in [5.41, 5.74) is 2.44. The Kier molecular flexibility index (Phi) is 4.24. The molecule has 0 amide bonds. The Morgan fingerprint density at radius 3 is 2.48 bits per heavy atom. The van der Waals surface area contributed by atoms with E-state index in [0.717, 1.165) is 12.1 Å². The highest BCUT2D eigenvalue weighted by molar-refractivity contribution is 5.38. The lowest BCUT2D eigenvalue weighted by molar-refractivity contribution is -0.137. The van der Waals surface area contributed by atoms with Crippen LogP contribution >= 0.6 is 0 Å². The summed E-state index contributed by atoms with van der Waals surface area (Å²) in [5, 5.41) is 0. The summed E-state index contributed by atoms with van der Waals surface area (Å²) in [6, 6.07) is 5.02. The molecule has 0 aliphatic rings. The van der Waals surface area contributed by atoms with Gasteiger partial charge in [0.2, 0.25) is 0 Å². The molecule has 0 spiro atoms. The number of pyridine rings is 1. The minimum atomic E-state index is -4.43. The highest BCUT2D eigenvalue weighted by Crippen LogP contribution is 2.32. The Bertz CT molecular complexity index is 640. The van der Waals surface area contributed by atoms with Gasteiger partial charge < -0.3 is 0 Å². The molecule has 112 valence electrons. The monoisotopic (exact) mass is 299 g/mol. The Labute approximate surface area is 118 Å². The van der Waals surface area contributed by atoms with Crippen LogP contribution in [0.3, 0.4) is 0 Å². The smallest absolute Gasteiger partial charge is 0.271 e. The van der Waals surface area contributed by atoms with Crippen LogP contribution in [-0.4, -0.2) is 4.98 Å². The van der Waals surface area contributed by atoms with E-state index in [2.05, 4.69) is 10.4 Å². The van der Waals surface area contributed by atoms with Gasteiger partial charge in [0.1, 0.15) is 5.82 Å². The third-order valence-electron chi connectivity index (χ3n) is 3.14. The maximum Gasteiger partial charge on any atom is 0.416 e. The molecule has 0 saturated heterocycles. The van der Waals surface area contributed by atoms with Crippen LogP contribution in [0.25, 0.3) is 0 Å². The predicted molar refractivity (Wildman–Crippen MR) is 69.5 cm³/mol. The number of aromatic nitrogens is 1. The fourth-order valence-electron chi connectivity index (χ4n) is 2.10. The van der Waals surface area contributed by atoms with Crippen LogP contribution in [0.2, 0.25) is 0 Å². The molecule has 1 heterocycles. The number of hydrogen-bond donors (Lipinski definition) is 2. The molecular weight excluding hydrogens is 286 g/mol. The standard InChI is InChI=1S/C14H13F4N3/c1-8-7-9(14(16,17)18)4-5-10(8)12(21-19)13-11(15)3-2-6-20-13/h2-7,12,21H,19H2,1H3. The zero-order valence-electron chi connectivity index (χ0n) is 11.1. The van der Waals surface area contributed by atoms with E-state index < -0.39 is 23.6 Å². The molecule has 2 aromatic rings. The van der Waals surface area contributed by atoms with Gasteiger partial charge in [-0.25, -0.2) is 9.82 Å². The van der Waals surface area contributed by atoms with E-state index in [9.17, 15) is 17.6 Å². The molecule has 0 bridgehead atoms. The summed E-state index contributed by atoms with van der Waals surface area (Å²) >= 11 is 0. The molecule has 1 aromatic heterocycles. The normalized spacial score (nSPS) is 13.2. The number of nitrogens with zero attached hydrogens (tertiary/aromatic N) is 1. The number of halogens is 4. The average Bonchev–Trinajstić information content (AvgIpc) is 2.42. The molecule has 0 fully saturated rings. The van der Waals surface area contributed by atoms with Crippen molar-refractivity contribution in [2.24, 2.45) is 5.84 Å². The highest BCUT2D eigenvalue weighted by Gasteiger charge is 2.31. The predicted octanol–water partition coefficient (Wildman–Crippen LogP) is 3.10. The van der Waals surface area contributed by atoms with Crippen molar-refractivity contribution in [2.45, 2.75) is 19.1 Å². The number of alkyl halides is 3. The molecule has 1 atom stereocenters. The second-order valence-corrected chi connectivity index (χ2v) is 4.54. The topological polar surface area (TPSA) is 50.9 Å². The molecule has 1 unspecified atom stereocenters. The van der Waals surface area contributed by atoms with Gasteiger partial charge in [-0.15, -0.1) is 0 Å². The fourth-order valence-corrected chi connectivity index (χ4v) is 2.10. The molecular formula is C14H13F4N3. The van der Waals surface area contributed by atoms with Crippen molar-refractivity contribution in [2.75, 3.05) is 0 Å². The first-order chi connectivity index (χ1) is 9.84. The van der Waals surface area contributed by atoms with Crippen LogP contribution in [0.4, 0.5) is 17.6 Å². The van der Waals surface area contributed by atoms with Crippen molar-refractivity contribution in [3.05, 3.63) is 64.7 Å². The highest BCUT2D eigenvalue weighted by atomic mass is 19.4. The number of aryl methyl sites for hydroxylation is 1. The van der Waals surface area contributed by atoms with Gasteiger partial charge in [-0.2, -0.15) is 13.2 Å². The lowest BCUT2D eigenvalue weighted by atomic mass is 9.96. The van der Waals surface area contributed by atoms with Gasteiger partial charge in [0.25, 0.3) is 0 Å². The van der Waals surface area contributed by atoms with Crippen molar-refractivity contribution in [1.29, 1.82) is 0 Å². The molecule has 2 rings (SSSR count). The molecule has 0 aliphatic heterocycles. The molecule has 0 radical (unpaired) electrons. The Morgan fingerprint density at radius 2 is 1.95 bits per heavy atom. The minimum Gasteiger partial charge on any atom is -0.271 e. The lowest BCUT2D eigenvalue weighted by Gasteiger charge is -2.19. The molecule has 0 saturated carbocycles. The lowest BCUT2D eigenvalue weighted by Crippen LogP contribution is -2.31. The van der Waals surface area contributed by atoms with Gasteiger partial charge in [-0.1, -0.05) is 6.07 Å². The summed E-state index contributed by atoms with van der Waals surface area (Å²) in [4.78, 5) is 3.90. The summed E-state index contributed by atoms with van der Waals surface area (Å²) in [6.07, 6.45) is -3.03. The first-order valence-corrected chi connectivity index (χ1v) is 6.09. The number of benzene rings is 1. The molecule has 0 aliphatic carbocycles. The first-order valence-electron chi connectivity index (χ1n) is 6.09. The van der Waals surface area contributed by atoms with E-state index >= 15 is 0 Å². The van der Waals surface area contributed by atoms with Gasteiger partial charge in [-0.3, -0.25) is 10.8 Å². The Balaban J connectivity index is 2.47. The number of nitrogens with one attached hydrogen (secondary N) is 1. The fraction of sp³-hybridized carbons (Fsp3) is 0.214. The molecule has 3 N–H and O–H groups in total. The minimum absolute atomic E-state index is 0.0304. The molecule has 21 heavy (non-hydrogen) atoms. The van der Waals surface area contributed by atoms with Gasteiger partial charge in [0.05, 0.1) is 17.3 Å². The van der Waals surface area contributed by atoms with Crippen molar-refractivity contribution in [3.8, 4) is 0 Å². The van der Waals surface area contributed by atoms with Crippen molar-refractivity contribution in [3.63, 3.8) is 0 Å². The number of nitrogens with two attached hydrogens (primary N) is 1. The quantitative estimate of drug-likeness (QED) is 0.520. The number of hydrogen-bond acceptors (Lipinski definition) is 3. The Hall–Kier alpha value is -1.99. The maximum absolute atomic E-state index is 13.8. The van der Waals surface area contributed by atoms with Crippen LogP contribution in [0.15, 0.2) is 36.5 Å². The van der Waals surface area contributed by atoms with Crippen LogP contribution in [0.1, 0.15) is 28.4 Å². The van der Waals surface area contributed by atoms with Crippen molar-refractivity contribution >= 4 is 0 Å². The van der Waals surface area contributed by atoms with Crippen LogP contribution in [0.5, 0.6) is 0 Å². The van der Waals surface area contributed by atoms with Gasteiger partial charge in [0.15, 0.2) is 0 Å². The summed E-state index contributed by atoms with van der Waals surface area (Å²) in [5.74, 6) is 4.84. The zero-order valence-corrected chi connectivity index (χ0v) is 11.1. The SMILES string of the molecule is Cc1cc(C(F)(F)F)ccc1C(NN)c1ncccc1F. The van der Waals surface area contributed by atoms with E-state index in [1.165, 1.54) is 31.3 Å². The number of rotatable bonds is 3. The Morgan fingerprint density at radius 1 is 1.24 bits per heavy atom. The summed E-state index contributed by atoms with van der Waals surface area (Å²) < 4.78 is 51.7. The van der Waals surface area contributed by atoms with Gasteiger partial charge >= 0.3 is 6.18 Å². The third-order valence-corrected chi connectivity index (χ3v) is 3.14. The summed E-state index contributed by atoms with van der Waals surface area (Å²) in [6.45, 7) is 1.51. The average molecular weight is 299 g/mol. The zero-order chi connectivity index (χ0) is 15.6. The van der Waals surface area contributed by atoms with Crippen LogP contribution in [-0.2, 0) is 6.18 Å². The van der Waals surface area contributed by atoms with Crippen LogP contribution < -0.4 is 11.3 Å². The third kappa shape index (κ3) is 3.20. The van der Waals surface area contributed by atoms with Crippen molar-refractivity contribution < 1.29 is 17.6 Å². The molecule has 3 nitrogen and oxygen atoms in total. The molecule has 1 aromatic carbocycles. The number of hydrazine groups is 1. The second-order valence-electron chi connectivity index (χ2n) is 4.54. The summed E-state index contributed by atoms with van der Waals surface area (Å²) in [7, 11) is 0. The van der Waals surface area contributed by atoms with Gasteiger partial charge in [0, 0.05) is 6.20 Å². The molecule has 7 heteroatoms. The van der Waals surface area contributed by atoms with E-state index in [0.29, 0.717) is 11.1 Å². The van der Waals surface area contributed by atoms with E-state index in [4.69, 9.17) is 5.84 Å². The largest absolute Gasteiger partial charge is 0.416 e. The van der Waals surface area contributed by atoms with E-state index in [1.807, 2.05) is 0 Å². The van der Waals surface area contributed by atoms with Crippen molar-refractivity contribution in [1.82, 2.24) is 10.4 Å². The van der Waals surface area contributed by atoms with E-state index in [-0.39, 0.29) is 5.69 Å². The first kappa shape index (κ1) is 15.4. The van der Waals surface area contributed by atoms with E-state index in [1.54, 1.807) is 0 Å². The van der Waals surface area contributed by atoms with Crippen LogP contribution in [0, 0.1) is 12.7 Å². The van der Waals surface area contributed by atoms with Gasteiger partial charge in [-0.05, 0) is 42.3 Å².